The zero-order chi connectivity index (χ0) is 14.1. The van der Waals surface area contributed by atoms with Gasteiger partial charge in [0.15, 0.2) is 11.5 Å². The van der Waals surface area contributed by atoms with E-state index in [9.17, 15) is 4.79 Å². The molecule has 0 amide bonds. The van der Waals surface area contributed by atoms with E-state index >= 15 is 0 Å². The van der Waals surface area contributed by atoms with Crippen LogP contribution < -0.4 is 9.47 Å². The SMILES string of the molecule is COCCOCCOc1c(Cl)cc(C=O)cc1OC. The van der Waals surface area contributed by atoms with Crippen molar-refractivity contribution < 1.29 is 23.7 Å². The highest BCUT2D eigenvalue weighted by molar-refractivity contribution is 6.32. The van der Waals surface area contributed by atoms with Gasteiger partial charge in [0.2, 0.25) is 0 Å². The number of aldehydes is 1. The number of ether oxygens (including phenoxy) is 4. The second-order valence-electron chi connectivity index (χ2n) is 3.61. The molecule has 0 N–H and O–H groups in total. The third-order valence-corrected chi connectivity index (χ3v) is 2.57. The number of carbonyl (C=O) groups is 1. The van der Waals surface area contributed by atoms with E-state index in [1.165, 1.54) is 13.2 Å². The van der Waals surface area contributed by atoms with Gasteiger partial charge in [-0.2, -0.15) is 0 Å². The lowest BCUT2D eigenvalue weighted by Gasteiger charge is -2.13. The third kappa shape index (κ3) is 5.06. The molecule has 6 heteroatoms. The molecule has 0 unspecified atom stereocenters. The van der Waals surface area contributed by atoms with Gasteiger partial charge in [-0.1, -0.05) is 11.6 Å². The molecule has 1 aromatic carbocycles. The number of halogens is 1. The summed E-state index contributed by atoms with van der Waals surface area (Å²) in [5.74, 6) is 0.830. The summed E-state index contributed by atoms with van der Waals surface area (Å²) in [6.45, 7) is 1.80. The van der Waals surface area contributed by atoms with Gasteiger partial charge in [0.1, 0.15) is 12.9 Å². The Labute approximate surface area is 117 Å². The zero-order valence-electron chi connectivity index (χ0n) is 11.0. The Bertz CT molecular complexity index is 408. The summed E-state index contributed by atoms with van der Waals surface area (Å²) in [6, 6.07) is 3.10. The van der Waals surface area contributed by atoms with E-state index in [0.717, 1.165) is 0 Å². The molecule has 1 aromatic rings. The van der Waals surface area contributed by atoms with Crippen LogP contribution in [0.2, 0.25) is 5.02 Å². The van der Waals surface area contributed by atoms with Gasteiger partial charge >= 0.3 is 0 Å². The van der Waals surface area contributed by atoms with Crippen molar-refractivity contribution in [3.63, 3.8) is 0 Å². The quantitative estimate of drug-likeness (QED) is 0.515. The Morgan fingerprint density at radius 3 is 2.53 bits per heavy atom. The van der Waals surface area contributed by atoms with Crippen molar-refractivity contribution in [2.24, 2.45) is 0 Å². The first-order valence-corrected chi connectivity index (χ1v) is 6.13. The summed E-state index contributed by atoms with van der Waals surface area (Å²) in [6.07, 6.45) is 0.700. The Morgan fingerprint density at radius 2 is 1.89 bits per heavy atom. The first-order valence-electron chi connectivity index (χ1n) is 5.75. The first-order chi connectivity index (χ1) is 9.22. The van der Waals surface area contributed by atoms with Gasteiger partial charge in [0.05, 0.1) is 32.0 Å². The van der Waals surface area contributed by atoms with Gasteiger partial charge in [0, 0.05) is 12.7 Å². The fourth-order valence-electron chi connectivity index (χ4n) is 1.39. The third-order valence-electron chi connectivity index (χ3n) is 2.29. The van der Waals surface area contributed by atoms with Crippen LogP contribution in [0.15, 0.2) is 12.1 Å². The second-order valence-corrected chi connectivity index (χ2v) is 4.01. The Hall–Kier alpha value is -1.30. The molecule has 0 aliphatic rings. The zero-order valence-corrected chi connectivity index (χ0v) is 11.7. The van der Waals surface area contributed by atoms with Crippen molar-refractivity contribution in [2.75, 3.05) is 40.6 Å². The van der Waals surface area contributed by atoms with Crippen LogP contribution in [-0.2, 0) is 9.47 Å². The first kappa shape index (κ1) is 15.8. The molecular formula is C13H17ClO5. The molecule has 1 rings (SSSR count). The molecule has 19 heavy (non-hydrogen) atoms. The van der Waals surface area contributed by atoms with Crippen molar-refractivity contribution in [1.29, 1.82) is 0 Å². The van der Waals surface area contributed by atoms with Crippen LogP contribution in [0.1, 0.15) is 10.4 Å². The number of methoxy groups -OCH3 is 2. The molecule has 0 aliphatic heterocycles. The van der Waals surface area contributed by atoms with Gasteiger partial charge in [-0.15, -0.1) is 0 Å². The lowest BCUT2D eigenvalue weighted by atomic mass is 10.2. The average molecular weight is 289 g/mol. The van der Waals surface area contributed by atoms with Gasteiger partial charge in [-0.05, 0) is 12.1 Å². The Morgan fingerprint density at radius 1 is 1.16 bits per heavy atom. The maximum atomic E-state index is 10.7. The lowest BCUT2D eigenvalue weighted by Crippen LogP contribution is -2.10. The highest BCUT2D eigenvalue weighted by atomic mass is 35.5. The van der Waals surface area contributed by atoms with Gasteiger partial charge in [-0.3, -0.25) is 4.79 Å². The van der Waals surface area contributed by atoms with E-state index in [1.807, 2.05) is 0 Å². The highest BCUT2D eigenvalue weighted by Crippen LogP contribution is 2.35. The van der Waals surface area contributed by atoms with Crippen molar-refractivity contribution in [3.8, 4) is 11.5 Å². The molecule has 0 saturated heterocycles. The summed E-state index contributed by atoms with van der Waals surface area (Å²) < 4.78 is 20.7. The number of rotatable bonds is 9. The van der Waals surface area contributed by atoms with E-state index in [1.54, 1.807) is 13.2 Å². The Balaban J connectivity index is 2.55. The minimum atomic E-state index is 0.332. The van der Waals surface area contributed by atoms with E-state index in [-0.39, 0.29) is 0 Å². The standard InChI is InChI=1S/C13H17ClO5/c1-16-3-4-18-5-6-19-13-11(14)7-10(9-15)8-12(13)17-2/h7-9H,3-6H2,1-2H3. The fraction of sp³-hybridized carbons (Fsp3) is 0.462. The molecule has 0 spiro atoms. The lowest BCUT2D eigenvalue weighted by molar-refractivity contribution is 0.0540. The monoisotopic (exact) mass is 288 g/mol. The summed E-state index contributed by atoms with van der Waals surface area (Å²) in [4.78, 5) is 10.7. The van der Waals surface area contributed by atoms with Crippen LogP contribution in [0, 0.1) is 0 Å². The molecule has 0 fully saturated rings. The van der Waals surface area contributed by atoms with Crippen molar-refractivity contribution in [2.45, 2.75) is 0 Å². The van der Waals surface area contributed by atoms with Crippen LogP contribution in [0.3, 0.4) is 0 Å². The fourth-order valence-corrected chi connectivity index (χ4v) is 1.67. The van der Waals surface area contributed by atoms with Crippen molar-refractivity contribution >= 4 is 17.9 Å². The molecule has 0 heterocycles. The molecule has 5 nitrogen and oxygen atoms in total. The molecule has 106 valence electrons. The van der Waals surface area contributed by atoms with Crippen LogP contribution in [0.4, 0.5) is 0 Å². The van der Waals surface area contributed by atoms with Crippen LogP contribution in [-0.4, -0.2) is 46.9 Å². The maximum Gasteiger partial charge on any atom is 0.179 e. The number of hydrogen-bond donors (Lipinski definition) is 0. The summed E-state index contributed by atoms with van der Waals surface area (Å²) >= 11 is 6.03. The topological polar surface area (TPSA) is 54.0 Å². The number of hydrogen-bond acceptors (Lipinski definition) is 5. The molecule has 0 radical (unpaired) electrons. The van der Waals surface area contributed by atoms with E-state index in [2.05, 4.69) is 0 Å². The largest absolute Gasteiger partial charge is 0.493 e. The molecule has 0 aromatic heterocycles. The minimum Gasteiger partial charge on any atom is -0.493 e. The van der Waals surface area contributed by atoms with Crippen LogP contribution in [0.5, 0.6) is 11.5 Å². The van der Waals surface area contributed by atoms with Gasteiger partial charge in [-0.25, -0.2) is 0 Å². The van der Waals surface area contributed by atoms with Gasteiger partial charge < -0.3 is 18.9 Å². The van der Waals surface area contributed by atoms with E-state index < -0.39 is 0 Å². The van der Waals surface area contributed by atoms with Crippen LogP contribution >= 0.6 is 11.6 Å². The number of benzene rings is 1. The van der Waals surface area contributed by atoms with Crippen molar-refractivity contribution in [3.05, 3.63) is 22.7 Å². The van der Waals surface area contributed by atoms with E-state index in [4.69, 9.17) is 30.5 Å². The molecular weight excluding hydrogens is 272 g/mol. The van der Waals surface area contributed by atoms with E-state index in [0.29, 0.717) is 54.8 Å². The normalized spacial score (nSPS) is 10.3. The minimum absolute atomic E-state index is 0.332. The summed E-state index contributed by atoms with van der Waals surface area (Å²) in [5.41, 5.74) is 0.436. The average Bonchev–Trinajstić information content (AvgIpc) is 2.43. The molecule has 0 saturated carbocycles. The van der Waals surface area contributed by atoms with Crippen molar-refractivity contribution in [1.82, 2.24) is 0 Å². The molecule has 0 atom stereocenters. The number of carbonyl (C=O) groups excluding carboxylic acids is 1. The Kier molecular flexibility index (Phi) is 7.25. The molecule has 0 bridgehead atoms. The predicted molar refractivity (Wildman–Crippen MR) is 71.6 cm³/mol. The maximum absolute atomic E-state index is 10.7. The second kappa shape index (κ2) is 8.74. The predicted octanol–water partition coefficient (Wildman–Crippen LogP) is 2.20. The van der Waals surface area contributed by atoms with Crippen LogP contribution in [0.25, 0.3) is 0 Å². The van der Waals surface area contributed by atoms with Gasteiger partial charge in [0.25, 0.3) is 0 Å². The summed E-state index contributed by atoms with van der Waals surface area (Å²) in [5, 5.41) is 0.332. The smallest absolute Gasteiger partial charge is 0.179 e. The molecule has 0 aliphatic carbocycles. The summed E-state index contributed by atoms with van der Waals surface area (Å²) in [7, 11) is 3.10. The highest BCUT2D eigenvalue weighted by Gasteiger charge is 2.11.